The molecule has 2 N–H and O–H groups in total. The van der Waals surface area contributed by atoms with Gasteiger partial charge < -0.3 is 10.3 Å². The standard InChI is InChI=1S/C9H15N3O/c1-3-7-8-6(4-5-12(7)2)9(10)13-11-8/h7H,3-5,10H2,1-2H3. The van der Waals surface area contributed by atoms with Crippen LogP contribution in [0.1, 0.15) is 30.6 Å². The number of anilines is 1. The maximum atomic E-state index is 5.68. The summed E-state index contributed by atoms with van der Waals surface area (Å²) in [6, 6.07) is 0.379. The van der Waals surface area contributed by atoms with Crippen molar-refractivity contribution >= 4 is 5.88 Å². The molecule has 1 aromatic rings. The van der Waals surface area contributed by atoms with Crippen molar-refractivity contribution in [3.8, 4) is 0 Å². The summed E-state index contributed by atoms with van der Waals surface area (Å²) in [5, 5.41) is 4.02. The van der Waals surface area contributed by atoms with E-state index in [1.807, 2.05) is 0 Å². The van der Waals surface area contributed by atoms with Crippen molar-refractivity contribution in [2.75, 3.05) is 19.3 Å². The van der Waals surface area contributed by atoms with Crippen LogP contribution in [-0.2, 0) is 6.42 Å². The second-order valence-corrected chi connectivity index (χ2v) is 3.57. The summed E-state index contributed by atoms with van der Waals surface area (Å²) < 4.78 is 5.00. The van der Waals surface area contributed by atoms with Crippen LogP contribution in [0.3, 0.4) is 0 Å². The monoisotopic (exact) mass is 181 g/mol. The number of nitrogens with zero attached hydrogens (tertiary/aromatic N) is 2. The van der Waals surface area contributed by atoms with Crippen molar-refractivity contribution in [2.45, 2.75) is 25.8 Å². The molecule has 0 radical (unpaired) electrons. The van der Waals surface area contributed by atoms with Crippen molar-refractivity contribution < 1.29 is 4.52 Å². The Kier molecular flexibility index (Phi) is 2.00. The van der Waals surface area contributed by atoms with Gasteiger partial charge in [-0.2, -0.15) is 0 Å². The summed E-state index contributed by atoms with van der Waals surface area (Å²) >= 11 is 0. The average molecular weight is 181 g/mol. The first kappa shape index (κ1) is 8.56. The number of hydrogen-bond donors (Lipinski definition) is 1. The molecule has 0 bridgehead atoms. The van der Waals surface area contributed by atoms with Crippen molar-refractivity contribution in [1.29, 1.82) is 0 Å². The fourth-order valence-electron chi connectivity index (χ4n) is 2.01. The number of likely N-dealkylation sites (N-methyl/N-ethyl adjacent to an activating group) is 1. The molecule has 2 heterocycles. The van der Waals surface area contributed by atoms with Crippen LogP contribution in [0.25, 0.3) is 0 Å². The van der Waals surface area contributed by atoms with E-state index in [1.165, 1.54) is 0 Å². The minimum atomic E-state index is 0.379. The fourth-order valence-corrected chi connectivity index (χ4v) is 2.01. The number of nitrogen functional groups attached to an aromatic ring is 1. The number of rotatable bonds is 1. The average Bonchev–Trinajstić information content (AvgIpc) is 2.48. The Morgan fingerprint density at radius 2 is 2.46 bits per heavy atom. The van der Waals surface area contributed by atoms with Gasteiger partial charge in [0.15, 0.2) is 0 Å². The summed E-state index contributed by atoms with van der Waals surface area (Å²) in [6.45, 7) is 3.19. The molecule has 0 amide bonds. The minimum absolute atomic E-state index is 0.379. The van der Waals surface area contributed by atoms with E-state index >= 15 is 0 Å². The van der Waals surface area contributed by atoms with Crippen LogP contribution in [0.5, 0.6) is 0 Å². The molecule has 4 nitrogen and oxygen atoms in total. The van der Waals surface area contributed by atoms with Gasteiger partial charge in [-0.25, -0.2) is 0 Å². The highest BCUT2D eigenvalue weighted by molar-refractivity contribution is 5.41. The smallest absolute Gasteiger partial charge is 0.225 e. The molecule has 1 unspecified atom stereocenters. The van der Waals surface area contributed by atoms with Gasteiger partial charge in [-0.05, 0) is 19.9 Å². The van der Waals surface area contributed by atoms with Crippen molar-refractivity contribution in [3.05, 3.63) is 11.3 Å². The Balaban J connectivity index is 2.40. The van der Waals surface area contributed by atoms with Gasteiger partial charge in [-0.15, -0.1) is 0 Å². The second-order valence-electron chi connectivity index (χ2n) is 3.57. The first-order chi connectivity index (χ1) is 6.24. The first-order valence-electron chi connectivity index (χ1n) is 4.68. The molecule has 72 valence electrons. The quantitative estimate of drug-likeness (QED) is 0.707. The molecule has 4 heteroatoms. The Labute approximate surface area is 77.7 Å². The molecule has 1 atom stereocenters. The number of nitrogens with two attached hydrogens (primary N) is 1. The van der Waals surface area contributed by atoms with Crippen LogP contribution >= 0.6 is 0 Å². The third kappa shape index (κ3) is 1.21. The molecule has 2 rings (SSSR count). The predicted molar refractivity (Wildman–Crippen MR) is 50.3 cm³/mol. The van der Waals surface area contributed by atoms with Gasteiger partial charge >= 0.3 is 0 Å². The van der Waals surface area contributed by atoms with E-state index in [0.717, 1.165) is 30.6 Å². The maximum Gasteiger partial charge on any atom is 0.225 e. The lowest BCUT2D eigenvalue weighted by atomic mass is 9.98. The van der Waals surface area contributed by atoms with E-state index in [-0.39, 0.29) is 0 Å². The minimum Gasteiger partial charge on any atom is -0.367 e. The van der Waals surface area contributed by atoms with Gasteiger partial charge in [-0.1, -0.05) is 12.1 Å². The Bertz CT molecular complexity index is 308. The zero-order valence-electron chi connectivity index (χ0n) is 8.08. The first-order valence-corrected chi connectivity index (χ1v) is 4.68. The maximum absolute atomic E-state index is 5.68. The summed E-state index contributed by atoms with van der Waals surface area (Å²) in [5.41, 5.74) is 7.83. The molecular formula is C9H15N3O. The van der Waals surface area contributed by atoms with E-state index in [1.54, 1.807) is 0 Å². The lowest BCUT2D eigenvalue weighted by molar-refractivity contribution is 0.216. The van der Waals surface area contributed by atoms with Gasteiger partial charge in [0.2, 0.25) is 5.88 Å². The molecule has 0 spiro atoms. The third-order valence-corrected chi connectivity index (χ3v) is 2.80. The highest BCUT2D eigenvalue weighted by Crippen LogP contribution is 2.32. The predicted octanol–water partition coefficient (Wildman–Crippen LogP) is 1.20. The Morgan fingerprint density at radius 3 is 3.15 bits per heavy atom. The van der Waals surface area contributed by atoms with Gasteiger partial charge in [0.05, 0.1) is 6.04 Å². The highest BCUT2D eigenvalue weighted by Gasteiger charge is 2.28. The van der Waals surface area contributed by atoms with Gasteiger partial charge in [0.1, 0.15) is 5.69 Å². The molecule has 13 heavy (non-hydrogen) atoms. The van der Waals surface area contributed by atoms with E-state index in [2.05, 4.69) is 24.0 Å². The third-order valence-electron chi connectivity index (χ3n) is 2.80. The molecule has 0 saturated heterocycles. The molecule has 1 aliphatic rings. The summed E-state index contributed by atoms with van der Waals surface area (Å²) in [7, 11) is 2.11. The normalized spacial score (nSPS) is 23.1. The molecule has 1 aromatic heterocycles. The van der Waals surface area contributed by atoms with Crippen molar-refractivity contribution in [2.24, 2.45) is 0 Å². The zero-order valence-corrected chi connectivity index (χ0v) is 8.08. The van der Waals surface area contributed by atoms with Gasteiger partial charge in [-0.3, -0.25) is 4.90 Å². The molecule has 0 fully saturated rings. The number of fused-ring (bicyclic) bond motifs is 1. The summed E-state index contributed by atoms with van der Waals surface area (Å²) in [5.74, 6) is 0.501. The lowest BCUT2D eigenvalue weighted by Crippen LogP contribution is -2.31. The van der Waals surface area contributed by atoms with Crippen molar-refractivity contribution in [1.82, 2.24) is 10.1 Å². The van der Waals surface area contributed by atoms with Crippen LogP contribution < -0.4 is 5.73 Å². The number of hydrogen-bond acceptors (Lipinski definition) is 4. The topological polar surface area (TPSA) is 55.3 Å². The van der Waals surface area contributed by atoms with E-state index in [4.69, 9.17) is 10.3 Å². The summed E-state index contributed by atoms with van der Waals surface area (Å²) in [4.78, 5) is 2.30. The SMILES string of the molecule is CCC1c2noc(N)c2CCN1C. The van der Waals surface area contributed by atoms with E-state index < -0.39 is 0 Å². The molecule has 0 saturated carbocycles. The van der Waals surface area contributed by atoms with Crippen LogP contribution in [0.15, 0.2) is 4.52 Å². The fraction of sp³-hybridized carbons (Fsp3) is 0.667. The number of aromatic nitrogens is 1. The second kappa shape index (κ2) is 3.03. The van der Waals surface area contributed by atoms with Gasteiger partial charge in [0.25, 0.3) is 0 Å². The molecule has 1 aliphatic heterocycles. The highest BCUT2D eigenvalue weighted by atomic mass is 16.5. The van der Waals surface area contributed by atoms with Crippen LogP contribution in [0, 0.1) is 0 Å². The van der Waals surface area contributed by atoms with E-state index in [0.29, 0.717) is 11.9 Å². The Hall–Kier alpha value is -1.03. The zero-order chi connectivity index (χ0) is 9.42. The van der Waals surface area contributed by atoms with Crippen LogP contribution in [0.2, 0.25) is 0 Å². The lowest BCUT2D eigenvalue weighted by Gasteiger charge is -2.30. The van der Waals surface area contributed by atoms with Crippen molar-refractivity contribution in [3.63, 3.8) is 0 Å². The van der Waals surface area contributed by atoms with Gasteiger partial charge in [0, 0.05) is 12.1 Å². The molecule has 0 aromatic carbocycles. The summed E-state index contributed by atoms with van der Waals surface area (Å²) in [6.07, 6.45) is 2.01. The van der Waals surface area contributed by atoms with E-state index in [9.17, 15) is 0 Å². The molecular weight excluding hydrogens is 166 g/mol. The largest absolute Gasteiger partial charge is 0.367 e. The van der Waals surface area contributed by atoms with Crippen LogP contribution in [0.4, 0.5) is 5.88 Å². The Morgan fingerprint density at radius 1 is 1.69 bits per heavy atom. The van der Waals surface area contributed by atoms with Crippen LogP contribution in [-0.4, -0.2) is 23.6 Å². The molecule has 0 aliphatic carbocycles.